The Morgan fingerprint density at radius 3 is 2.42 bits per heavy atom. The Morgan fingerprint density at radius 1 is 1.00 bits per heavy atom. The second-order valence-electron chi connectivity index (χ2n) is 5.63. The van der Waals surface area contributed by atoms with Crippen molar-refractivity contribution in [3.63, 3.8) is 0 Å². The maximum Gasteiger partial charge on any atom is 0.171 e. The van der Waals surface area contributed by atoms with Crippen LogP contribution in [0.25, 0.3) is 5.70 Å². The van der Waals surface area contributed by atoms with Crippen LogP contribution in [0.3, 0.4) is 0 Å². The molecule has 2 aromatic carbocycles. The van der Waals surface area contributed by atoms with Crippen LogP contribution in [0.5, 0.6) is 11.5 Å². The molecule has 0 saturated carbocycles. The maximum absolute atomic E-state index is 5.50. The number of benzene rings is 2. The number of thiocarbonyl (C=S) groups is 1. The second-order valence-corrected chi connectivity index (χ2v) is 6.04. The van der Waals surface area contributed by atoms with E-state index in [1.165, 1.54) is 5.56 Å². The summed E-state index contributed by atoms with van der Waals surface area (Å²) in [6.45, 7) is 2.07. The molecule has 24 heavy (non-hydrogen) atoms. The van der Waals surface area contributed by atoms with Gasteiger partial charge in [0.1, 0.15) is 11.5 Å². The highest BCUT2D eigenvalue weighted by Gasteiger charge is 2.22. The lowest BCUT2D eigenvalue weighted by molar-refractivity contribution is 0.396. The molecule has 1 unspecified atom stereocenters. The van der Waals surface area contributed by atoms with Gasteiger partial charge in [-0.25, -0.2) is 0 Å². The molecule has 2 aromatic rings. The summed E-state index contributed by atoms with van der Waals surface area (Å²) in [6, 6.07) is 14.0. The van der Waals surface area contributed by atoms with Crippen LogP contribution in [0, 0.1) is 6.92 Å². The van der Waals surface area contributed by atoms with Gasteiger partial charge in [0.15, 0.2) is 5.11 Å². The van der Waals surface area contributed by atoms with Crippen molar-refractivity contribution in [1.29, 1.82) is 0 Å². The molecule has 2 N–H and O–H groups in total. The average molecular weight is 340 g/mol. The predicted molar refractivity (Wildman–Crippen MR) is 100 cm³/mol. The SMILES string of the molecule is COc1ccc(OC)c(C2C=C(c3ccc(C)cc3)NC(=S)N2)c1. The van der Waals surface area contributed by atoms with E-state index >= 15 is 0 Å². The fourth-order valence-electron chi connectivity index (χ4n) is 2.70. The summed E-state index contributed by atoms with van der Waals surface area (Å²) in [5.41, 5.74) is 4.28. The Kier molecular flexibility index (Phi) is 4.71. The largest absolute Gasteiger partial charge is 0.497 e. The van der Waals surface area contributed by atoms with E-state index in [0.29, 0.717) is 5.11 Å². The Bertz CT molecular complexity index is 784. The molecule has 1 aliphatic heterocycles. The topological polar surface area (TPSA) is 42.5 Å². The molecular weight excluding hydrogens is 320 g/mol. The van der Waals surface area contributed by atoms with E-state index in [4.69, 9.17) is 21.7 Å². The van der Waals surface area contributed by atoms with Gasteiger partial charge in [0, 0.05) is 11.3 Å². The van der Waals surface area contributed by atoms with E-state index in [-0.39, 0.29) is 6.04 Å². The van der Waals surface area contributed by atoms with Crippen LogP contribution in [-0.2, 0) is 0 Å². The number of methoxy groups -OCH3 is 2. The highest BCUT2D eigenvalue weighted by atomic mass is 32.1. The summed E-state index contributed by atoms with van der Waals surface area (Å²) in [5, 5.41) is 7.09. The highest BCUT2D eigenvalue weighted by molar-refractivity contribution is 7.80. The summed E-state index contributed by atoms with van der Waals surface area (Å²) in [4.78, 5) is 0. The summed E-state index contributed by atoms with van der Waals surface area (Å²) in [7, 11) is 3.31. The normalized spacial score (nSPS) is 16.7. The van der Waals surface area contributed by atoms with Crippen LogP contribution in [0.4, 0.5) is 0 Å². The van der Waals surface area contributed by atoms with Gasteiger partial charge in [-0.3, -0.25) is 0 Å². The van der Waals surface area contributed by atoms with Gasteiger partial charge >= 0.3 is 0 Å². The number of rotatable bonds is 4. The molecule has 0 aromatic heterocycles. The van der Waals surface area contributed by atoms with Crippen molar-refractivity contribution in [3.05, 3.63) is 65.2 Å². The molecule has 124 valence electrons. The molecule has 1 heterocycles. The number of aryl methyl sites for hydroxylation is 1. The first-order chi connectivity index (χ1) is 11.6. The number of ether oxygens (including phenoxy) is 2. The van der Waals surface area contributed by atoms with Gasteiger partial charge in [-0.15, -0.1) is 0 Å². The Labute approximate surface area is 147 Å². The van der Waals surface area contributed by atoms with Crippen LogP contribution in [0.15, 0.2) is 48.5 Å². The lowest BCUT2D eigenvalue weighted by atomic mass is 10.00. The van der Waals surface area contributed by atoms with Crippen LogP contribution in [-0.4, -0.2) is 19.3 Å². The lowest BCUT2D eigenvalue weighted by Gasteiger charge is -2.27. The van der Waals surface area contributed by atoms with E-state index in [0.717, 1.165) is 28.3 Å². The first kappa shape index (κ1) is 16.3. The van der Waals surface area contributed by atoms with Crippen LogP contribution in [0.1, 0.15) is 22.7 Å². The third kappa shape index (κ3) is 3.36. The molecular formula is C19H20N2O2S. The first-order valence-electron chi connectivity index (χ1n) is 7.69. The molecule has 0 aliphatic carbocycles. The number of hydrogen-bond donors (Lipinski definition) is 2. The van der Waals surface area contributed by atoms with Gasteiger partial charge in [-0.2, -0.15) is 0 Å². The fourth-order valence-corrected chi connectivity index (χ4v) is 2.94. The number of nitrogens with one attached hydrogen (secondary N) is 2. The summed E-state index contributed by atoms with van der Waals surface area (Å²) < 4.78 is 10.8. The molecule has 0 amide bonds. The number of hydrogen-bond acceptors (Lipinski definition) is 3. The summed E-state index contributed by atoms with van der Waals surface area (Å²) in [5.74, 6) is 1.57. The van der Waals surface area contributed by atoms with E-state index < -0.39 is 0 Å². The van der Waals surface area contributed by atoms with Gasteiger partial charge in [0.25, 0.3) is 0 Å². The molecule has 3 rings (SSSR count). The molecule has 5 heteroatoms. The first-order valence-corrected chi connectivity index (χ1v) is 8.10. The maximum atomic E-state index is 5.50. The van der Waals surface area contributed by atoms with Crippen molar-refractivity contribution in [1.82, 2.24) is 10.6 Å². The van der Waals surface area contributed by atoms with Crippen molar-refractivity contribution in [2.45, 2.75) is 13.0 Å². The summed E-state index contributed by atoms with van der Waals surface area (Å²) >= 11 is 5.39. The van der Waals surface area contributed by atoms with Crippen LogP contribution in [0.2, 0.25) is 0 Å². The monoisotopic (exact) mass is 340 g/mol. The van der Waals surface area contributed by atoms with Crippen molar-refractivity contribution >= 4 is 23.0 Å². The van der Waals surface area contributed by atoms with Crippen molar-refractivity contribution in [2.24, 2.45) is 0 Å². The Hall–Kier alpha value is -2.53. The van der Waals surface area contributed by atoms with E-state index in [1.807, 2.05) is 18.2 Å². The molecule has 4 nitrogen and oxygen atoms in total. The van der Waals surface area contributed by atoms with Gasteiger partial charge in [0.05, 0.1) is 20.3 Å². The molecule has 1 aliphatic rings. The lowest BCUT2D eigenvalue weighted by Crippen LogP contribution is -2.40. The van der Waals surface area contributed by atoms with Gasteiger partial charge in [0.2, 0.25) is 0 Å². The van der Waals surface area contributed by atoms with Crippen molar-refractivity contribution in [3.8, 4) is 11.5 Å². The minimum absolute atomic E-state index is 0.0971. The van der Waals surface area contributed by atoms with E-state index in [1.54, 1.807) is 14.2 Å². The minimum atomic E-state index is -0.0971. The molecule has 1 atom stereocenters. The fraction of sp³-hybridized carbons (Fsp3) is 0.211. The van der Waals surface area contributed by atoms with Gasteiger partial charge < -0.3 is 20.1 Å². The zero-order valence-corrected chi connectivity index (χ0v) is 14.7. The van der Waals surface area contributed by atoms with Crippen LogP contribution >= 0.6 is 12.2 Å². The zero-order chi connectivity index (χ0) is 17.1. The van der Waals surface area contributed by atoms with E-state index in [2.05, 4.69) is 47.9 Å². The highest BCUT2D eigenvalue weighted by Crippen LogP contribution is 2.32. The predicted octanol–water partition coefficient (Wildman–Crippen LogP) is 3.57. The zero-order valence-electron chi connectivity index (χ0n) is 13.9. The molecule has 0 fully saturated rings. The molecule has 0 saturated heterocycles. The van der Waals surface area contributed by atoms with Crippen molar-refractivity contribution in [2.75, 3.05) is 14.2 Å². The smallest absolute Gasteiger partial charge is 0.171 e. The molecule has 0 spiro atoms. The second kappa shape index (κ2) is 6.93. The minimum Gasteiger partial charge on any atom is -0.497 e. The molecule has 0 radical (unpaired) electrons. The Morgan fingerprint density at radius 2 is 1.75 bits per heavy atom. The third-order valence-electron chi connectivity index (χ3n) is 4.00. The third-order valence-corrected chi connectivity index (χ3v) is 4.22. The quantitative estimate of drug-likeness (QED) is 0.833. The standard InChI is InChI=1S/C19H20N2O2S/c1-12-4-6-13(7-5-12)16-11-17(21-19(24)20-16)15-10-14(22-2)8-9-18(15)23-3/h4-11,17H,1-3H3,(H2,20,21,24). The van der Waals surface area contributed by atoms with Crippen molar-refractivity contribution < 1.29 is 9.47 Å². The van der Waals surface area contributed by atoms with E-state index in [9.17, 15) is 0 Å². The van der Waals surface area contributed by atoms with Crippen LogP contribution < -0.4 is 20.1 Å². The van der Waals surface area contributed by atoms with Gasteiger partial charge in [-0.05, 0) is 49.0 Å². The van der Waals surface area contributed by atoms with Gasteiger partial charge in [-0.1, -0.05) is 29.8 Å². The summed E-state index contributed by atoms with van der Waals surface area (Å²) in [6.07, 6.45) is 2.11. The molecule has 0 bridgehead atoms. The average Bonchev–Trinajstić information content (AvgIpc) is 2.61. The Balaban J connectivity index is 2.02.